The third kappa shape index (κ3) is 2.85. The molecule has 0 aliphatic rings. The van der Waals surface area contributed by atoms with Crippen LogP contribution in [0.5, 0.6) is 11.5 Å². The summed E-state index contributed by atoms with van der Waals surface area (Å²) in [6, 6.07) is 2.49. The van der Waals surface area contributed by atoms with Crippen molar-refractivity contribution in [1.29, 1.82) is 0 Å². The van der Waals surface area contributed by atoms with E-state index in [0.29, 0.717) is 17.1 Å². The van der Waals surface area contributed by atoms with E-state index < -0.39 is 11.9 Å². The first kappa shape index (κ1) is 12.8. The van der Waals surface area contributed by atoms with Gasteiger partial charge in [-0.05, 0) is 26.8 Å². The molecule has 16 heavy (non-hydrogen) atoms. The number of hydrogen-bond acceptors (Lipinski definition) is 3. The second-order valence-corrected chi connectivity index (χ2v) is 3.87. The highest BCUT2D eigenvalue weighted by molar-refractivity contribution is 5.48. The first-order valence-electron chi connectivity index (χ1n) is 5.17. The minimum absolute atomic E-state index is 0.0724. The maximum absolute atomic E-state index is 13.2. The second-order valence-electron chi connectivity index (χ2n) is 3.87. The smallest absolute Gasteiger partial charge is 0.167 e. The predicted molar refractivity (Wildman–Crippen MR) is 59.3 cm³/mol. The number of hydrogen-bond donors (Lipinski definition) is 1. The third-order valence-corrected chi connectivity index (χ3v) is 2.07. The second kappa shape index (κ2) is 5.16. The van der Waals surface area contributed by atoms with E-state index in [9.17, 15) is 9.50 Å². The zero-order chi connectivity index (χ0) is 12.3. The van der Waals surface area contributed by atoms with Gasteiger partial charge in [0.1, 0.15) is 5.82 Å². The Bertz CT molecular complexity index is 362. The van der Waals surface area contributed by atoms with Crippen LogP contribution in [0.4, 0.5) is 4.39 Å². The van der Waals surface area contributed by atoms with Gasteiger partial charge in [-0.25, -0.2) is 4.39 Å². The van der Waals surface area contributed by atoms with Crippen LogP contribution in [-0.2, 0) is 0 Å². The van der Waals surface area contributed by atoms with Gasteiger partial charge in [-0.2, -0.15) is 0 Å². The minimum atomic E-state index is -0.807. The van der Waals surface area contributed by atoms with Crippen LogP contribution in [0.25, 0.3) is 0 Å². The summed E-state index contributed by atoms with van der Waals surface area (Å²) in [5.41, 5.74) is 0.394. The summed E-state index contributed by atoms with van der Waals surface area (Å²) in [5, 5.41) is 9.56. The molecule has 0 amide bonds. The molecule has 90 valence electrons. The Morgan fingerprint density at radius 1 is 1.25 bits per heavy atom. The number of methoxy groups -OCH3 is 1. The van der Waals surface area contributed by atoms with Gasteiger partial charge in [0, 0.05) is 11.6 Å². The molecule has 0 radical (unpaired) electrons. The lowest BCUT2D eigenvalue weighted by atomic mass is 10.1. The van der Waals surface area contributed by atoms with Crippen LogP contribution >= 0.6 is 0 Å². The Labute approximate surface area is 94.8 Å². The summed E-state index contributed by atoms with van der Waals surface area (Å²) in [6.07, 6.45) is -0.879. The molecule has 0 fully saturated rings. The van der Waals surface area contributed by atoms with Gasteiger partial charge in [0.2, 0.25) is 0 Å². The third-order valence-electron chi connectivity index (χ3n) is 2.07. The van der Waals surface area contributed by atoms with Crippen LogP contribution in [0.3, 0.4) is 0 Å². The van der Waals surface area contributed by atoms with Gasteiger partial charge in [0.25, 0.3) is 0 Å². The number of rotatable bonds is 4. The molecule has 0 saturated carbocycles. The van der Waals surface area contributed by atoms with E-state index in [0.717, 1.165) is 0 Å². The molecule has 3 nitrogen and oxygen atoms in total. The highest BCUT2D eigenvalue weighted by Gasteiger charge is 2.17. The normalized spacial score (nSPS) is 12.7. The summed E-state index contributed by atoms with van der Waals surface area (Å²) >= 11 is 0. The number of aliphatic hydroxyl groups excluding tert-OH is 1. The molecular weight excluding hydrogens is 211 g/mol. The molecule has 1 unspecified atom stereocenters. The predicted octanol–water partition coefficient (Wildman–Crippen LogP) is 2.67. The highest BCUT2D eigenvalue weighted by atomic mass is 19.1. The molecule has 4 heteroatoms. The molecule has 1 atom stereocenters. The molecule has 1 aromatic carbocycles. The SMILES string of the molecule is COc1cc(F)cc(C(C)O)c1OC(C)C. The van der Waals surface area contributed by atoms with Crippen LogP contribution in [0.2, 0.25) is 0 Å². The Hall–Kier alpha value is -1.29. The topological polar surface area (TPSA) is 38.7 Å². The fourth-order valence-corrected chi connectivity index (χ4v) is 1.41. The molecular formula is C12H17FO3. The molecule has 0 aromatic heterocycles. The van der Waals surface area contributed by atoms with E-state index in [2.05, 4.69) is 0 Å². The van der Waals surface area contributed by atoms with Crippen LogP contribution in [0.15, 0.2) is 12.1 Å². The Morgan fingerprint density at radius 2 is 1.88 bits per heavy atom. The number of halogens is 1. The van der Waals surface area contributed by atoms with Crippen LogP contribution in [0, 0.1) is 5.82 Å². The van der Waals surface area contributed by atoms with Crippen molar-refractivity contribution >= 4 is 0 Å². The van der Waals surface area contributed by atoms with Crippen LogP contribution in [-0.4, -0.2) is 18.3 Å². The van der Waals surface area contributed by atoms with E-state index in [-0.39, 0.29) is 6.10 Å². The standard InChI is InChI=1S/C12H17FO3/c1-7(2)16-12-10(8(3)14)5-9(13)6-11(12)15-4/h5-8,14H,1-4H3. The maximum Gasteiger partial charge on any atom is 0.167 e. The zero-order valence-corrected chi connectivity index (χ0v) is 9.95. The van der Waals surface area contributed by atoms with Crippen molar-refractivity contribution in [2.75, 3.05) is 7.11 Å². The van der Waals surface area contributed by atoms with E-state index in [1.54, 1.807) is 6.92 Å². The fraction of sp³-hybridized carbons (Fsp3) is 0.500. The average molecular weight is 228 g/mol. The lowest BCUT2D eigenvalue weighted by molar-refractivity contribution is 0.178. The quantitative estimate of drug-likeness (QED) is 0.861. The number of ether oxygens (including phenoxy) is 2. The van der Waals surface area contributed by atoms with Crippen molar-refractivity contribution in [3.63, 3.8) is 0 Å². The lowest BCUT2D eigenvalue weighted by Gasteiger charge is -2.18. The van der Waals surface area contributed by atoms with Crippen molar-refractivity contribution in [2.45, 2.75) is 33.0 Å². The fourth-order valence-electron chi connectivity index (χ4n) is 1.41. The van der Waals surface area contributed by atoms with E-state index in [1.807, 2.05) is 13.8 Å². The molecule has 1 N–H and O–H groups in total. The maximum atomic E-state index is 13.2. The zero-order valence-electron chi connectivity index (χ0n) is 9.95. The Balaban J connectivity index is 3.27. The summed E-state index contributed by atoms with van der Waals surface area (Å²) in [7, 11) is 1.44. The van der Waals surface area contributed by atoms with Gasteiger partial charge in [-0.1, -0.05) is 0 Å². The van der Waals surface area contributed by atoms with Crippen molar-refractivity contribution in [2.24, 2.45) is 0 Å². The minimum Gasteiger partial charge on any atom is -0.493 e. The summed E-state index contributed by atoms with van der Waals surface area (Å²) in [5.74, 6) is 0.238. The first-order chi connectivity index (χ1) is 7.45. The molecule has 0 heterocycles. The molecule has 1 rings (SSSR count). The van der Waals surface area contributed by atoms with E-state index in [1.165, 1.54) is 19.2 Å². The summed E-state index contributed by atoms with van der Waals surface area (Å²) < 4.78 is 23.8. The highest BCUT2D eigenvalue weighted by Crippen LogP contribution is 2.36. The number of benzene rings is 1. The van der Waals surface area contributed by atoms with Gasteiger partial charge in [0.15, 0.2) is 11.5 Å². The molecule has 1 aromatic rings. The van der Waals surface area contributed by atoms with Gasteiger partial charge >= 0.3 is 0 Å². The summed E-state index contributed by atoms with van der Waals surface area (Å²) in [6.45, 7) is 5.27. The lowest BCUT2D eigenvalue weighted by Crippen LogP contribution is -2.10. The summed E-state index contributed by atoms with van der Waals surface area (Å²) in [4.78, 5) is 0. The first-order valence-corrected chi connectivity index (χ1v) is 5.17. The average Bonchev–Trinajstić information content (AvgIpc) is 2.19. The molecule has 0 bridgehead atoms. The van der Waals surface area contributed by atoms with Gasteiger partial charge in [-0.3, -0.25) is 0 Å². The number of aliphatic hydroxyl groups is 1. The van der Waals surface area contributed by atoms with Crippen molar-refractivity contribution in [1.82, 2.24) is 0 Å². The van der Waals surface area contributed by atoms with Crippen LogP contribution in [0.1, 0.15) is 32.4 Å². The van der Waals surface area contributed by atoms with Crippen LogP contribution < -0.4 is 9.47 Å². The monoisotopic (exact) mass is 228 g/mol. The molecule has 0 aliphatic carbocycles. The van der Waals surface area contributed by atoms with Gasteiger partial charge < -0.3 is 14.6 Å². The van der Waals surface area contributed by atoms with Crippen molar-refractivity contribution in [3.8, 4) is 11.5 Å². The van der Waals surface area contributed by atoms with Gasteiger partial charge in [0.05, 0.1) is 19.3 Å². The molecule has 0 aliphatic heterocycles. The van der Waals surface area contributed by atoms with E-state index >= 15 is 0 Å². The van der Waals surface area contributed by atoms with Gasteiger partial charge in [-0.15, -0.1) is 0 Å². The molecule has 0 spiro atoms. The Morgan fingerprint density at radius 3 is 2.31 bits per heavy atom. The Kier molecular flexibility index (Phi) is 4.12. The largest absolute Gasteiger partial charge is 0.493 e. The van der Waals surface area contributed by atoms with E-state index in [4.69, 9.17) is 9.47 Å². The van der Waals surface area contributed by atoms with Crippen molar-refractivity contribution < 1.29 is 19.0 Å². The van der Waals surface area contributed by atoms with Crippen molar-refractivity contribution in [3.05, 3.63) is 23.5 Å². The molecule has 0 saturated heterocycles.